The van der Waals surface area contributed by atoms with Crippen LogP contribution in [0.2, 0.25) is 0 Å². The van der Waals surface area contributed by atoms with E-state index in [2.05, 4.69) is 60.7 Å². The Kier molecular flexibility index (Phi) is 9.07. The Morgan fingerprint density at radius 1 is 1.30 bits per heavy atom. The van der Waals surface area contributed by atoms with Crippen LogP contribution in [0.4, 0.5) is 0 Å². The molecule has 2 N–H and O–H groups in total. The lowest BCUT2D eigenvalue weighted by Gasteiger charge is -2.33. The Bertz CT molecular complexity index is 611. The number of carbonyl (C=O) groups excluding carboxylic acids is 1. The monoisotopic (exact) mass is 438 g/mol. The van der Waals surface area contributed by atoms with Gasteiger partial charge < -0.3 is 15.4 Å². The van der Waals surface area contributed by atoms with Gasteiger partial charge in [-0.1, -0.05) is 28.1 Å². The molecule has 0 amide bonds. The molecule has 2 rings (SSSR count). The molecule has 150 valence electrons. The summed E-state index contributed by atoms with van der Waals surface area (Å²) < 4.78 is 6.25. The lowest BCUT2D eigenvalue weighted by Crippen LogP contribution is -2.48. The van der Waals surface area contributed by atoms with Crippen LogP contribution in [-0.4, -0.2) is 55.7 Å². The summed E-state index contributed by atoms with van der Waals surface area (Å²) >= 11 is 3.48. The first-order valence-electron chi connectivity index (χ1n) is 9.59. The van der Waals surface area contributed by atoms with E-state index in [-0.39, 0.29) is 12.1 Å². The first-order valence-corrected chi connectivity index (χ1v) is 10.4. The minimum Gasteiger partial charge on any atom is -0.463 e. The third kappa shape index (κ3) is 8.30. The van der Waals surface area contributed by atoms with E-state index in [4.69, 9.17) is 4.74 Å². The van der Waals surface area contributed by atoms with E-state index in [9.17, 15) is 4.79 Å². The van der Waals surface area contributed by atoms with Crippen LogP contribution < -0.4 is 10.6 Å². The molecule has 1 aromatic rings. The zero-order valence-electron chi connectivity index (χ0n) is 16.5. The summed E-state index contributed by atoms with van der Waals surface area (Å²) in [6.45, 7) is 7.35. The van der Waals surface area contributed by atoms with Crippen molar-refractivity contribution in [3.8, 4) is 0 Å². The van der Waals surface area contributed by atoms with Crippen LogP contribution >= 0.6 is 15.9 Å². The van der Waals surface area contributed by atoms with Crippen molar-refractivity contribution in [1.82, 2.24) is 15.5 Å². The molecule has 27 heavy (non-hydrogen) atoms. The molecule has 1 aromatic carbocycles. The van der Waals surface area contributed by atoms with Crippen molar-refractivity contribution in [3.05, 3.63) is 34.3 Å². The molecular weight excluding hydrogens is 408 g/mol. The van der Waals surface area contributed by atoms with Crippen molar-refractivity contribution in [2.75, 3.05) is 26.7 Å². The molecule has 0 saturated carbocycles. The second-order valence-corrected chi connectivity index (χ2v) is 8.02. The summed E-state index contributed by atoms with van der Waals surface area (Å²) in [5.41, 5.74) is 1.34. The van der Waals surface area contributed by atoms with Gasteiger partial charge in [-0.15, -0.1) is 0 Å². The highest BCUT2D eigenvalue weighted by molar-refractivity contribution is 9.10. The fourth-order valence-electron chi connectivity index (χ4n) is 3.08. The summed E-state index contributed by atoms with van der Waals surface area (Å²) in [5.74, 6) is 0.563. The van der Waals surface area contributed by atoms with Crippen molar-refractivity contribution < 1.29 is 9.53 Å². The number of ether oxygens (including phenoxy) is 1. The van der Waals surface area contributed by atoms with E-state index in [1.165, 1.54) is 5.56 Å². The molecule has 0 aromatic heterocycles. The second-order valence-electron chi connectivity index (χ2n) is 7.11. The lowest BCUT2D eigenvalue weighted by atomic mass is 10.0. The van der Waals surface area contributed by atoms with Gasteiger partial charge in [-0.25, -0.2) is 0 Å². The van der Waals surface area contributed by atoms with Gasteiger partial charge in [-0.2, -0.15) is 0 Å². The smallest absolute Gasteiger partial charge is 0.307 e. The average Bonchev–Trinajstić information content (AvgIpc) is 2.63. The molecule has 0 atom stereocenters. The first-order chi connectivity index (χ1) is 13.0. The number of rotatable bonds is 7. The number of hydrogen-bond donors (Lipinski definition) is 2. The number of guanidine groups is 1. The quantitative estimate of drug-likeness (QED) is 0.389. The first kappa shape index (κ1) is 21.7. The number of esters is 1. The molecule has 1 saturated heterocycles. The van der Waals surface area contributed by atoms with Gasteiger partial charge in [0, 0.05) is 43.7 Å². The third-order valence-corrected chi connectivity index (χ3v) is 4.99. The SMILES string of the molecule is CN=C(NCCC(=O)OC(C)C)NC1CCN(Cc2ccc(Br)cc2)CC1. The van der Waals surface area contributed by atoms with Crippen LogP contribution in [0.1, 0.15) is 38.7 Å². The largest absolute Gasteiger partial charge is 0.463 e. The van der Waals surface area contributed by atoms with Crippen molar-refractivity contribution in [2.45, 2.75) is 51.8 Å². The normalized spacial score (nSPS) is 16.4. The van der Waals surface area contributed by atoms with Crippen molar-refractivity contribution in [1.29, 1.82) is 0 Å². The summed E-state index contributed by atoms with van der Waals surface area (Å²) in [5, 5.41) is 6.66. The van der Waals surface area contributed by atoms with Gasteiger partial charge in [0.25, 0.3) is 0 Å². The summed E-state index contributed by atoms with van der Waals surface area (Å²) in [4.78, 5) is 18.3. The van der Waals surface area contributed by atoms with Crippen LogP contribution in [0.25, 0.3) is 0 Å². The Labute approximate surface area is 170 Å². The highest BCUT2D eigenvalue weighted by Gasteiger charge is 2.20. The number of aliphatic imine (C=N–C) groups is 1. The molecule has 1 fully saturated rings. The predicted octanol–water partition coefficient (Wildman–Crippen LogP) is 2.92. The highest BCUT2D eigenvalue weighted by Crippen LogP contribution is 2.16. The van der Waals surface area contributed by atoms with Gasteiger partial charge in [-0.05, 0) is 44.4 Å². The maximum atomic E-state index is 11.6. The summed E-state index contributed by atoms with van der Waals surface area (Å²) in [6.07, 6.45) is 2.42. The number of piperidine rings is 1. The van der Waals surface area contributed by atoms with E-state index in [0.29, 0.717) is 19.0 Å². The zero-order chi connectivity index (χ0) is 19.6. The van der Waals surface area contributed by atoms with Crippen molar-refractivity contribution >= 4 is 27.9 Å². The maximum absolute atomic E-state index is 11.6. The number of nitrogens with zero attached hydrogens (tertiary/aromatic N) is 2. The summed E-state index contributed by atoms with van der Waals surface area (Å²) in [6, 6.07) is 8.93. The molecule has 7 heteroatoms. The Morgan fingerprint density at radius 3 is 2.56 bits per heavy atom. The fraction of sp³-hybridized carbons (Fsp3) is 0.600. The fourth-order valence-corrected chi connectivity index (χ4v) is 3.34. The molecule has 0 bridgehead atoms. The van der Waals surface area contributed by atoms with E-state index < -0.39 is 0 Å². The highest BCUT2D eigenvalue weighted by atomic mass is 79.9. The molecule has 1 aliphatic rings. The van der Waals surface area contributed by atoms with E-state index >= 15 is 0 Å². The van der Waals surface area contributed by atoms with E-state index in [0.717, 1.165) is 42.9 Å². The molecule has 0 spiro atoms. The Balaban J connectivity index is 1.67. The van der Waals surface area contributed by atoms with Gasteiger partial charge >= 0.3 is 5.97 Å². The van der Waals surface area contributed by atoms with Crippen LogP contribution in [0.3, 0.4) is 0 Å². The number of likely N-dealkylation sites (tertiary alicyclic amines) is 1. The Morgan fingerprint density at radius 2 is 1.96 bits per heavy atom. The standard InChI is InChI=1S/C20H31BrN4O2/c1-15(2)27-19(26)8-11-23-20(22-3)24-18-9-12-25(13-10-18)14-16-4-6-17(21)7-5-16/h4-7,15,18H,8-14H2,1-3H3,(H2,22,23,24). The number of hydrogen-bond acceptors (Lipinski definition) is 4. The zero-order valence-corrected chi connectivity index (χ0v) is 18.1. The van der Waals surface area contributed by atoms with Crippen molar-refractivity contribution in [3.63, 3.8) is 0 Å². The third-order valence-electron chi connectivity index (χ3n) is 4.46. The number of carbonyl (C=O) groups is 1. The second kappa shape index (κ2) is 11.3. The van der Waals surface area contributed by atoms with Crippen LogP contribution in [0.15, 0.2) is 33.7 Å². The van der Waals surface area contributed by atoms with Gasteiger partial charge in [0.2, 0.25) is 0 Å². The van der Waals surface area contributed by atoms with Gasteiger partial charge in [0.15, 0.2) is 5.96 Å². The van der Waals surface area contributed by atoms with Gasteiger partial charge in [0.1, 0.15) is 0 Å². The molecule has 1 heterocycles. The van der Waals surface area contributed by atoms with Crippen LogP contribution in [0.5, 0.6) is 0 Å². The van der Waals surface area contributed by atoms with Gasteiger partial charge in [-0.3, -0.25) is 14.7 Å². The maximum Gasteiger partial charge on any atom is 0.307 e. The molecular formula is C20H31BrN4O2. The molecule has 0 radical (unpaired) electrons. The molecule has 0 aliphatic carbocycles. The minimum absolute atomic E-state index is 0.0717. The summed E-state index contributed by atoms with van der Waals surface area (Å²) in [7, 11) is 1.75. The number of benzene rings is 1. The molecule has 6 nitrogen and oxygen atoms in total. The van der Waals surface area contributed by atoms with E-state index in [1.807, 2.05) is 13.8 Å². The molecule has 0 unspecified atom stereocenters. The number of halogens is 1. The van der Waals surface area contributed by atoms with Crippen LogP contribution in [0, 0.1) is 0 Å². The minimum atomic E-state index is -0.186. The van der Waals surface area contributed by atoms with Gasteiger partial charge in [0.05, 0.1) is 12.5 Å². The van der Waals surface area contributed by atoms with Crippen molar-refractivity contribution in [2.24, 2.45) is 4.99 Å². The molecule has 1 aliphatic heterocycles. The lowest BCUT2D eigenvalue weighted by molar-refractivity contribution is -0.147. The van der Waals surface area contributed by atoms with Crippen LogP contribution in [-0.2, 0) is 16.1 Å². The predicted molar refractivity (Wildman–Crippen MR) is 113 cm³/mol. The Hall–Kier alpha value is -1.60. The van der Waals surface area contributed by atoms with E-state index in [1.54, 1.807) is 7.05 Å². The average molecular weight is 439 g/mol. The number of nitrogens with one attached hydrogen (secondary N) is 2. The topological polar surface area (TPSA) is 66.0 Å².